The molecule has 0 bridgehead atoms. The lowest BCUT2D eigenvalue weighted by Gasteiger charge is -2.13. The van der Waals surface area contributed by atoms with Crippen LogP contribution in [-0.4, -0.2) is 21.2 Å². The second-order valence-electron chi connectivity index (χ2n) is 7.42. The van der Waals surface area contributed by atoms with Gasteiger partial charge in [0, 0.05) is 17.3 Å². The highest BCUT2D eigenvalue weighted by molar-refractivity contribution is 7.99. The molecule has 3 aromatic carbocycles. The number of amides is 1. The van der Waals surface area contributed by atoms with Gasteiger partial charge in [0.25, 0.3) is 5.56 Å². The first-order valence-corrected chi connectivity index (χ1v) is 11.8. The van der Waals surface area contributed by atoms with Gasteiger partial charge in [0.05, 0.1) is 16.7 Å². The Kier molecular flexibility index (Phi) is 7.27. The molecular weight excluding hydrogens is 454 g/mol. The summed E-state index contributed by atoms with van der Waals surface area (Å²) >= 11 is 7.29. The number of fused-ring (bicyclic) bond motifs is 1. The molecule has 166 valence electrons. The summed E-state index contributed by atoms with van der Waals surface area (Å²) in [5, 5.41) is 4.42. The molecule has 0 fully saturated rings. The van der Waals surface area contributed by atoms with Crippen LogP contribution >= 0.6 is 23.4 Å². The number of thioether (sulfide) groups is 1. The number of aromatic nitrogens is 2. The van der Waals surface area contributed by atoms with Crippen molar-refractivity contribution in [1.29, 1.82) is 0 Å². The number of carbonyl (C=O) groups excluding carboxylic acids is 1. The molecule has 0 saturated heterocycles. The number of nitrogens with zero attached hydrogens (tertiary/aromatic N) is 2. The number of nitrogens with one attached hydrogen (secondary N) is 1. The largest absolute Gasteiger partial charge is 0.325 e. The first-order chi connectivity index (χ1) is 16.0. The van der Waals surface area contributed by atoms with Gasteiger partial charge in [-0.2, -0.15) is 0 Å². The van der Waals surface area contributed by atoms with E-state index in [0.29, 0.717) is 27.6 Å². The van der Waals surface area contributed by atoms with Crippen molar-refractivity contribution in [1.82, 2.24) is 9.55 Å². The quantitative estimate of drug-likeness (QED) is 0.206. The van der Waals surface area contributed by atoms with Crippen molar-refractivity contribution in [3.63, 3.8) is 0 Å². The van der Waals surface area contributed by atoms with Gasteiger partial charge >= 0.3 is 0 Å². The van der Waals surface area contributed by atoms with Crippen molar-refractivity contribution in [2.75, 3.05) is 11.1 Å². The average Bonchev–Trinajstić information content (AvgIpc) is 2.81. The molecular formula is C26H22ClN3O2S. The molecule has 5 nitrogen and oxygen atoms in total. The van der Waals surface area contributed by atoms with E-state index in [-0.39, 0.29) is 17.2 Å². The highest BCUT2D eigenvalue weighted by Gasteiger charge is 2.14. The van der Waals surface area contributed by atoms with Crippen molar-refractivity contribution in [2.24, 2.45) is 0 Å². The third-order valence-electron chi connectivity index (χ3n) is 5.06. The molecule has 0 saturated carbocycles. The van der Waals surface area contributed by atoms with Gasteiger partial charge in [-0.15, -0.1) is 6.58 Å². The fourth-order valence-electron chi connectivity index (χ4n) is 3.50. The maximum absolute atomic E-state index is 12.9. The topological polar surface area (TPSA) is 64.0 Å². The van der Waals surface area contributed by atoms with Crippen molar-refractivity contribution >= 4 is 45.9 Å². The third kappa shape index (κ3) is 5.53. The summed E-state index contributed by atoms with van der Waals surface area (Å²) in [4.78, 5) is 30.3. The molecule has 4 aromatic rings. The molecule has 0 spiro atoms. The van der Waals surface area contributed by atoms with Crippen molar-refractivity contribution in [2.45, 2.75) is 18.1 Å². The molecule has 1 aromatic heterocycles. The fourth-order valence-corrected chi connectivity index (χ4v) is 4.48. The van der Waals surface area contributed by atoms with Gasteiger partial charge in [0.2, 0.25) is 5.91 Å². The number of rotatable bonds is 8. The Hall–Kier alpha value is -3.35. The lowest BCUT2D eigenvalue weighted by Crippen LogP contribution is -2.24. The number of hydrogen-bond donors (Lipinski definition) is 1. The highest BCUT2D eigenvalue weighted by atomic mass is 35.5. The van der Waals surface area contributed by atoms with Crippen molar-refractivity contribution in [3.05, 3.63) is 112 Å². The minimum Gasteiger partial charge on any atom is -0.325 e. The molecule has 0 atom stereocenters. The van der Waals surface area contributed by atoms with E-state index in [9.17, 15) is 9.59 Å². The summed E-state index contributed by atoms with van der Waals surface area (Å²) in [6.45, 7) is 4.03. The van der Waals surface area contributed by atoms with Crippen LogP contribution in [0.3, 0.4) is 0 Å². The first-order valence-electron chi connectivity index (χ1n) is 10.4. The summed E-state index contributed by atoms with van der Waals surface area (Å²) in [5.74, 6) is -0.0684. The van der Waals surface area contributed by atoms with E-state index in [1.54, 1.807) is 24.3 Å². The summed E-state index contributed by atoms with van der Waals surface area (Å²) in [7, 11) is 0. The van der Waals surface area contributed by atoms with E-state index in [2.05, 4.69) is 29.0 Å². The molecule has 1 amide bonds. The lowest BCUT2D eigenvalue weighted by molar-refractivity contribution is -0.113. The zero-order chi connectivity index (χ0) is 23.2. The molecule has 0 radical (unpaired) electrons. The summed E-state index contributed by atoms with van der Waals surface area (Å²) in [6.07, 6.45) is 2.35. The van der Waals surface area contributed by atoms with E-state index in [4.69, 9.17) is 11.6 Å². The third-order valence-corrected chi connectivity index (χ3v) is 6.27. The second kappa shape index (κ2) is 10.5. The van der Waals surface area contributed by atoms with Crippen LogP contribution < -0.4 is 10.9 Å². The zero-order valence-electron chi connectivity index (χ0n) is 17.8. The Morgan fingerprint density at radius 3 is 2.64 bits per heavy atom. The van der Waals surface area contributed by atoms with Crippen LogP contribution in [0.5, 0.6) is 0 Å². The monoisotopic (exact) mass is 475 g/mol. The summed E-state index contributed by atoms with van der Waals surface area (Å²) in [5.41, 5.74) is 3.29. The van der Waals surface area contributed by atoms with Crippen LogP contribution in [0.15, 0.2) is 95.4 Å². The first kappa shape index (κ1) is 22.8. The Bertz CT molecular complexity index is 1370. The maximum atomic E-state index is 12.9. The molecule has 1 heterocycles. The number of benzene rings is 3. The number of hydrogen-bond acceptors (Lipinski definition) is 4. The number of allylic oxidation sites excluding steroid dienone is 1. The van der Waals surface area contributed by atoms with Crippen LogP contribution in [0.25, 0.3) is 10.9 Å². The fraction of sp³-hybridized carbons (Fsp3) is 0.115. The molecule has 7 heteroatoms. The molecule has 0 aliphatic rings. The second-order valence-corrected chi connectivity index (χ2v) is 8.80. The summed E-state index contributed by atoms with van der Waals surface area (Å²) in [6, 6.07) is 22.8. The van der Waals surface area contributed by atoms with Gasteiger partial charge < -0.3 is 5.32 Å². The number of anilines is 1. The minimum atomic E-state index is -0.187. The zero-order valence-corrected chi connectivity index (χ0v) is 19.4. The molecule has 33 heavy (non-hydrogen) atoms. The van der Waals surface area contributed by atoms with Crippen LogP contribution in [0, 0.1) is 0 Å². The minimum absolute atomic E-state index is 0.106. The number of halogens is 1. The van der Waals surface area contributed by atoms with Crippen LogP contribution in [0.1, 0.15) is 11.1 Å². The van der Waals surface area contributed by atoms with E-state index in [0.717, 1.165) is 17.7 Å². The van der Waals surface area contributed by atoms with Crippen LogP contribution in [-0.2, 0) is 17.8 Å². The van der Waals surface area contributed by atoms with Gasteiger partial charge in [-0.25, -0.2) is 4.98 Å². The van der Waals surface area contributed by atoms with E-state index >= 15 is 0 Å². The van der Waals surface area contributed by atoms with Crippen LogP contribution in [0.4, 0.5) is 5.69 Å². The van der Waals surface area contributed by atoms with Crippen molar-refractivity contribution < 1.29 is 4.79 Å². The van der Waals surface area contributed by atoms with Crippen molar-refractivity contribution in [3.8, 4) is 0 Å². The number of para-hydroxylation sites is 1. The SMILES string of the molecule is C=CCn1c(SCC(=O)Nc2ccccc2Cc2ccccc2)nc2cc(Cl)ccc2c1=O. The average molecular weight is 476 g/mol. The van der Waals surface area contributed by atoms with E-state index < -0.39 is 0 Å². The van der Waals surface area contributed by atoms with Gasteiger partial charge in [0.1, 0.15) is 0 Å². The maximum Gasteiger partial charge on any atom is 0.262 e. The molecule has 0 aliphatic heterocycles. The van der Waals surface area contributed by atoms with Gasteiger partial charge in [0.15, 0.2) is 5.16 Å². The molecule has 0 aliphatic carbocycles. The molecule has 4 rings (SSSR count). The molecule has 0 unspecified atom stereocenters. The molecule has 1 N–H and O–H groups in total. The Morgan fingerprint density at radius 1 is 1.09 bits per heavy atom. The van der Waals surface area contributed by atoms with E-state index in [1.807, 2.05) is 42.5 Å². The summed E-state index contributed by atoms with van der Waals surface area (Å²) < 4.78 is 1.52. The Labute approximate surface area is 201 Å². The highest BCUT2D eigenvalue weighted by Crippen LogP contribution is 2.22. The van der Waals surface area contributed by atoms with E-state index in [1.165, 1.54) is 21.9 Å². The van der Waals surface area contributed by atoms with Gasteiger partial charge in [-0.1, -0.05) is 78.0 Å². The van der Waals surface area contributed by atoms with Gasteiger partial charge in [-0.3, -0.25) is 14.2 Å². The van der Waals surface area contributed by atoms with Crippen LogP contribution in [0.2, 0.25) is 5.02 Å². The Morgan fingerprint density at radius 2 is 1.85 bits per heavy atom. The lowest BCUT2D eigenvalue weighted by atomic mass is 10.0. The van der Waals surface area contributed by atoms with Gasteiger partial charge in [-0.05, 0) is 41.8 Å². The standard InChI is InChI=1S/C26H22ClN3O2S/c1-2-14-30-25(32)21-13-12-20(27)16-23(21)29-26(30)33-17-24(31)28-22-11-7-6-10-19(22)15-18-8-4-3-5-9-18/h2-13,16H,1,14-15,17H2,(H,28,31). The Balaban J connectivity index is 1.52. The predicted molar refractivity (Wildman–Crippen MR) is 136 cm³/mol. The smallest absolute Gasteiger partial charge is 0.262 e. The number of carbonyl (C=O) groups is 1. The normalized spacial score (nSPS) is 10.8. The predicted octanol–water partition coefficient (Wildman–Crippen LogP) is 5.56.